The minimum atomic E-state index is 0.821. The molecule has 0 bridgehead atoms. The molecule has 20 heavy (non-hydrogen) atoms. The Morgan fingerprint density at radius 1 is 0.650 bits per heavy atom. The summed E-state index contributed by atoms with van der Waals surface area (Å²) in [5.41, 5.74) is 1.28. The molecule has 0 unspecified atom stereocenters. The number of rotatable bonds is 0. The molecule has 0 amide bonds. The number of aryl methyl sites for hydroxylation is 1. The summed E-state index contributed by atoms with van der Waals surface area (Å²) in [6.07, 6.45) is 0. The molecule has 0 aromatic heterocycles. The van der Waals surface area contributed by atoms with Crippen LogP contribution in [0, 0.1) is 6.92 Å². The third-order valence-corrected chi connectivity index (χ3v) is 4.28. The van der Waals surface area contributed by atoms with Crippen LogP contribution < -0.4 is 0 Å². The van der Waals surface area contributed by atoms with E-state index in [0.29, 0.717) is 0 Å². The quantitative estimate of drug-likeness (QED) is 0.340. The summed E-state index contributed by atoms with van der Waals surface area (Å²) in [5.74, 6) is 0. The average Bonchev–Trinajstić information content (AvgIpc) is 2.47. The predicted octanol–water partition coefficient (Wildman–Crippen LogP) is 6.11. The molecule has 4 aromatic rings. The summed E-state index contributed by atoms with van der Waals surface area (Å²) in [5, 5.41) is 8.27. The maximum Gasteiger partial charge on any atom is 0.0490 e. The Bertz CT molecular complexity index is 927. The van der Waals surface area contributed by atoms with Crippen LogP contribution in [0.25, 0.3) is 32.3 Å². The fourth-order valence-electron chi connectivity index (χ4n) is 3.07. The molecule has 0 spiro atoms. The highest BCUT2D eigenvalue weighted by atomic mass is 35.5. The van der Waals surface area contributed by atoms with Crippen LogP contribution in [0.15, 0.2) is 60.7 Å². The molecule has 0 aliphatic rings. The van der Waals surface area contributed by atoms with Gasteiger partial charge in [0, 0.05) is 10.4 Å². The van der Waals surface area contributed by atoms with Gasteiger partial charge in [0.1, 0.15) is 0 Å². The molecule has 0 radical (unpaired) electrons. The zero-order valence-electron chi connectivity index (χ0n) is 11.2. The van der Waals surface area contributed by atoms with Crippen molar-refractivity contribution < 1.29 is 0 Å². The third-order valence-electron chi connectivity index (χ3n) is 3.97. The molecule has 0 atom stereocenters. The molecule has 0 nitrogen and oxygen atoms in total. The van der Waals surface area contributed by atoms with Gasteiger partial charge >= 0.3 is 0 Å². The predicted molar refractivity (Wildman–Crippen MR) is 88.7 cm³/mol. The molecular formula is C19H13Cl. The Morgan fingerprint density at radius 3 is 2.10 bits per heavy atom. The highest BCUT2D eigenvalue weighted by Gasteiger charge is 2.10. The number of benzene rings is 4. The van der Waals surface area contributed by atoms with Gasteiger partial charge < -0.3 is 0 Å². The summed E-state index contributed by atoms with van der Waals surface area (Å²) in [6.45, 7) is 2.14. The lowest BCUT2D eigenvalue weighted by molar-refractivity contribution is 1.51. The Kier molecular flexibility index (Phi) is 2.48. The lowest BCUT2D eigenvalue weighted by Crippen LogP contribution is -1.84. The first-order valence-electron chi connectivity index (χ1n) is 6.75. The molecule has 0 saturated carbocycles. The van der Waals surface area contributed by atoms with Gasteiger partial charge in [-0.25, -0.2) is 0 Å². The van der Waals surface area contributed by atoms with Crippen LogP contribution in [0.5, 0.6) is 0 Å². The lowest BCUT2D eigenvalue weighted by atomic mass is 9.93. The maximum atomic E-state index is 6.47. The van der Waals surface area contributed by atoms with Gasteiger partial charge in [-0.1, -0.05) is 71.8 Å². The van der Waals surface area contributed by atoms with E-state index < -0.39 is 0 Å². The fraction of sp³-hybridized carbons (Fsp3) is 0.0526. The summed E-state index contributed by atoms with van der Waals surface area (Å²) in [6, 6.07) is 21.3. The van der Waals surface area contributed by atoms with Crippen molar-refractivity contribution >= 4 is 43.9 Å². The van der Waals surface area contributed by atoms with Crippen molar-refractivity contribution in [2.24, 2.45) is 0 Å². The Labute approximate surface area is 122 Å². The second-order valence-corrected chi connectivity index (χ2v) is 5.66. The van der Waals surface area contributed by atoms with Gasteiger partial charge in [-0.3, -0.25) is 0 Å². The van der Waals surface area contributed by atoms with Crippen LogP contribution in [0.2, 0.25) is 5.02 Å². The van der Waals surface area contributed by atoms with Crippen LogP contribution in [-0.4, -0.2) is 0 Å². The lowest BCUT2D eigenvalue weighted by Gasteiger charge is -2.11. The molecule has 0 fully saturated rings. The van der Waals surface area contributed by atoms with E-state index in [1.807, 2.05) is 12.1 Å². The van der Waals surface area contributed by atoms with Crippen LogP contribution in [-0.2, 0) is 0 Å². The number of hydrogen-bond donors (Lipinski definition) is 0. The molecule has 4 aromatic carbocycles. The maximum absolute atomic E-state index is 6.47. The molecule has 0 aliphatic heterocycles. The Morgan fingerprint density at radius 2 is 1.30 bits per heavy atom. The van der Waals surface area contributed by atoms with E-state index in [4.69, 9.17) is 11.6 Å². The Hall–Kier alpha value is -2.05. The first kappa shape index (κ1) is 11.7. The highest BCUT2D eigenvalue weighted by Crippen LogP contribution is 2.38. The summed E-state index contributed by atoms with van der Waals surface area (Å²) in [4.78, 5) is 0. The third kappa shape index (κ3) is 1.55. The summed E-state index contributed by atoms with van der Waals surface area (Å²) < 4.78 is 0. The number of halogens is 1. The molecule has 1 heteroatoms. The molecule has 4 rings (SSSR count). The van der Waals surface area contributed by atoms with Gasteiger partial charge in [-0.2, -0.15) is 0 Å². The first-order valence-corrected chi connectivity index (χ1v) is 7.13. The second-order valence-electron chi connectivity index (χ2n) is 5.26. The van der Waals surface area contributed by atoms with E-state index in [9.17, 15) is 0 Å². The van der Waals surface area contributed by atoms with Crippen molar-refractivity contribution in [3.8, 4) is 0 Å². The van der Waals surface area contributed by atoms with Crippen molar-refractivity contribution in [2.75, 3.05) is 0 Å². The van der Waals surface area contributed by atoms with E-state index in [1.54, 1.807) is 0 Å². The standard InChI is InChI=1S/C19H13Cl/c1-12-9-10-14-16-7-4-8-18(20)19(16)15-6-3-2-5-13(15)17(14)11-12/h2-11H,1H3. The molecule has 96 valence electrons. The van der Waals surface area contributed by atoms with E-state index in [0.717, 1.165) is 10.4 Å². The SMILES string of the molecule is Cc1ccc2c(c1)c1ccccc1c1c(Cl)cccc21. The van der Waals surface area contributed by atoms with E-state index >= 15 is 0 Å². The van der Waals surface area contributed by atoms with E-state index in [-0.39, 0.29) is 0 Å². The minimum Gasteiger partial charge on any atom is -0.0836 e. The van der Waals surface area contributed by atoms with Crippen molar-refractivity contribution in [1.29, 1.82) is 0 Å². The van der Waals surface area contributed by atoms with Crippen LogP contribution in [0.1, 0.15) is 5.56 Å². The van der Waals surface area contributed by atoms with Crippen LogP contribution >= 0.6 is 11.6 Å². The fourth-order valence-corrected chi connectivity index (χ4v) is 3.35. The first-order chi connectivity index (χ1) is 9.75. The van der Waals surface area contributed by atoms with Gasteiger partial charge in [0.05, 0.1) is 0 Å². The number of hydrogen-bond acceptors (Lipinski definition) is 0. The molecule has 0 N–H and O–H groups in total. The van der Waals surface area contributed by atoms with Crippen molar-refractivity contribution in [3.63, 3.8) is 0 Å². The van der Waals surface area contributed by atoms with E-state index in [1.165, 1.54) is 32.5 Å². The smallest absolute Gasteiger partial charge is 0.0490 e. The summed E-state index contributed by atoms with van der Waals surface area (Å²) >= 11 is 6.47. The van der Waals surface area contributed by atoms with Gasteiger partial charge in [0.2, 0.25) is 0 Å². The van der Waals surface area contributed by atoms with Crippen molar-refractivity contribution in [3.05, 3.63) is 71.2 Å². The highest BCUT2D eigenvalue weighted by molar-refractivity contribution is 6.40. The van der Waals surface area contributed by atoms with Crippen molar-refractivity contribution in [1.82, 2.24) is 0 Å². The van der Waals surface area contributed by atoms with Gasteiger partial charge in [-0.05, 0) is 39.9 Å². The Balaban J connectivity index is 2.44. The van der Waals surface area contributed by atoms with Gasteiger partial charge in [0.15, 0.2) is 0 Å². The molecule has 0 heterocycles. The van der Waals surface area contributed by atoms with Gasteiger partial charge in [-0.15, -0.1) is 0 Å². The zero-order chi connectivity index (χ0) is 13.7. The molecular weight excluding hydrogens is 264 g/mol. The summed E-state index contributed by atoms with van der Waals surface area (Å²) in [7, 11) is 0. The largest absolute Gasteiger partial charge is 0.0836 e. The normalized spacial score (nSPS) is 11.5. The number of fused-ring (bicyclic) bond motifs is 6. The monoisotopic (exact) mass is 276 g/mol. The minimum absolute atomic E-state index is 0.821. The van der Waals surface area contributed by atoms with Crippen molar-refractivity contribution in [2.45, 2.75) is 6.92 Å². The second kappa shape index (κ2) is 4.22. The van der Waals surface area contributed by atoms with Crippen LogP contribution in [0.3, 0.4) is 0 Å². The topological polar surface area (TPSA) is 0 Å². The van der Waals surface area contributed by atoms with Crippen LogP contribution in [0.4, 0.5) is 0 Å². The van der Waals surface area contributed by atoms with E-state index in [2.05, 4.69) is 55.5 Å². The average molecular weight is 277 g/mol. The molecule has 0 saturated heterocycles. The molecule has 0 aliphatic carbocycles. The zero-order valence-corrected chi connectivity index (χ0v) is 11.9. The van der Waals surface area contributed by atoms with Gasteiger partial charge in [0.25, 0.3) is 0 Å².